The van der Waals surface area contributed by atoms with E-state index in [-0.39, 0.29) is 11.9 Å². The summed E-state index contributed by atoms with van der Waals surface area (Å²) in [6.07, 6.45) is 0. The maximum Gasteiger partial charge on any atom is 0.255 e. The van der Waals surface area contributed by atoms with E-state index in [2.05, 4.69) is 37.4 Å². The van der Waals surface area contributed by atoms with Gasteiger partial charge in [-0.15, -0.1) is 0 Å². The molecular weight excluding hydrogens is 250 g/mol. The molecule has 0 saturated heterocycles. The fourth-order valence-corrected chi connectivity index (χ4v) is 2.25. The van der Waals surface area contributed by atoms with Crippen LogP contribution in [0.1, 0.15) is 51.5 Å². The smallest absolute Gasteiger partial charge is 0.255 e. The maximum absolute atomic E-state index is 12.2. The van der Waals surface area contributed by atoms with Crippen molar-refractivity contribution in [2.75, 3.05) is 0 Å². The highest BCUT2D eigenvalue weighted by atomic mass is 16.3. The van der Waals surface area contributed by atoms with Gasteiger partial charge in [0.2, 0.25) is 0 Å². The summed E-state index contributed by atoms with van der Waals surface area (Å²) in [7, 11) is 0. The van der Waals surface area contributed by atoms with Gasteiger partial charge in [0.05, 0.1) is 11.6 Å². The molecule has 0 aliphatic carbocycles. The number of aryl methyl sites for hydroxylation is 4. The maximum atomic E-state index is 12.2. The second-order valence-electron chi connectivity index (χ2n) is 5.37. The van der Waals surface area contributed by atoms with Gasteiger partial charge >= 0.3 is 0 Å². The Kier molecular flexibility index (Phi) is 3.98. The van der Waals surface area contributed by atoms with Gasteiger partial charge in [-0.1, -0.05) is 18.2 Å². The first-order chi connectivity index (χ1) is 9.38. The average Bonchev–Trinajstić information content (AvgIpc) is 2.71. The largest absolute Gasteiger partial charge is 0.466 e. The van der Waals surface area contributed by atoms with Crippen LogP contribution < -0.4 is 5.32 Å². The number of carbonyl (C=O) groups excluding carboxylic acids is 1. The monoisotopic (exact) mass is 271 g/mol. The second-order valence-corrected chi connectivity index (χ2v) is 5.37. The van der Waals surface area contributed by atoms with E-state index in [0.717, 1.165) is 11.3 Å². The number of furan rings is 1. The molecule has 106 valence electrons. The summed E-state index contributed by atoms with van der Waals surface area (Å²) in [5.41, 5.74) is 4.21. The lowest BCUT2D eigenvalue weighted by Crippen LogP contribution is -2.26. The number of rotatable bonds is 3. The molecule has 0 spiro atoms. The zero-order chi connectivity index (χ0) is 14.9. The minimum Gasteiger partial charge on any atom is -0.466 e. The first kappa shape index (κ1) is 14.4. The molecule has 0 bridgehead atoms. The van der Waals surface area contributed by atoms with Crippen LogP contribution in [0.5, 0.6) is 0 Å². The molecule has 0 unspecified atom stereocenters. The molecule has 20 heavy (non-hydrogen) atoms. The summed E-state index contributed by atoms with van der Waals surface area (Å²) in [4.78, 5) is 12.2. The first-order valence-corrected chi connectivity index (χ1v) is 6.83. The minimum atomic E-state index is -0.0925. The fourth-order valence-electron chi connectivity index (χ4n) is 2.25. The molecule has 3 heteroatoms. The Bertz CT molecular complexity index is 640. The molecule has 2 rings (SSSR count). The summed E-state index contributed by atoms with van der Waals surface area (Å²) in [5.74, 6) is 1.32. The summed E-state index contributed by atoms with van der Waals surface area (Å²) in [6, 6.07) is 8.00. The van der Waals surface area contributed by atoms with Crippen molar-refractivity contribution in [3.05, 3.63) is 58.0 Å². The highest BCUT2D eigenvalue weighted by molar-refractivity contribution is 5.95. The van der Waals surface area contributed by atoms with Gasteiger partial charge in [0, 0.05) is 0 Å². The van der Waals surface area contributed by atoms with E-state index in [4.69, 9.17) is 4.42 Å². The van der Waals surface area contributed by atoms with Crippen LogP contribution in [0, 0.1) is 27.7 Å². The van der Waals surface area contributed by atoms with E-state index < -0.39 is 0 Å². The Morgan fingerprint density at radius 1 is 1.10 bits per heavy atom. The highest BCUT2D eigenvalue weighted by Crippen LogP contribution is 2.19. The number of benzene rings is 1. The lowest BCUT2D eigenvalue weighted by atomic mass is 10.0. The van der Waals surface area contributed by atoms with Crippen LogP contribution >= 0.6 is 0 Å². The highest BCUT2D eigenvalue weighted by Gasteiger charge is 2.16. The molecule has 2 aromatic rings. The van der Waals surface area contributed by atoms with Gasteiger partial charge in [-0.25, -0.2) is 0 Å². The standard InChI is InChI=1S/C17H21NO2/c1-10-6-7-15(8-11(10)2)13(4)18-17(19)16-9-12(3)20-14(16)5/h6-9,13H,1-5H3,(H,18,19)/t13-/m0/s1. The minimum absolute atomic E-state index is 0.0311. The quantitative estimate of drug-likeness (QED) is 0.916. The summed E-state index contributed by atoms with van der Waals surface area (Å²) in [6.45, 7) is 9.81. The van der Waals surface area contributed by atoms with Gasteiger partial charge in [-0.05, 0) is 57.4 Å². The number of hydrogen-bond donors (Lipinski definition) is 1. The third kappa shape index (κ3) is 2.93. The molecular formula is C17H21NO2. The van der Waals surface area contributed by atoms with Crippen molar-refractivity contribution < 1.29 is 9.21 Å². The number of carbonyl (C=O) groups is 1. The van der Waals surface area contributed by atoms with Gasteiger partial charge in [-0.3, -0.25) is 4.79 Å². The topological polar surface area (TPSA) is 42.2 Å². The van der Waals surface area contributed by atoms with Gasteiger partial charge in [0.1, 0.15) is 11.5 Å². The number of hydrogen-bond acceptors (Lipinski definition) is 2. The molecule has 0 radical (unpaired) electrons. The summed E-state index contributed by atoms with van der Waals surface area (Å²) >= 11 is 0. The zero-order valence-electron chi connectivity index (χ0n) is 12.7. The summed E-state index contributed by atoms with van der Waals surface area (Å²) in [5, 5.41) is 3.01. The molecule has 3 nitrogen and oxygen atoms in total. The predicted molar refractivity (Wildman–Crippen MR) is 80.0 cm³/mol. The number of amides is 1. The van der Waals surface area contributed by atoms with Crippen molar-refractivity contribution in [2.24, 2.45) is 0 Å². The van der Waals surface area contributed by atoms with Gasteiger partial charge < -0.3 is 9.73 Å². The second kappa shape index (κ2) is 5.53. The molecule has 1 aromatic carbocycles. The van der Waals surface area contributed by atoms with Crippen LogP contribution in [0.2, 0.25) is 0 Å². The molecule has 0 fully saturated rings. The zero-order valence-corrected chi connectivity index (χ0v) is 12.7. The van der Waals surface area contributed by atoms with Crippen LogP contribution in [-0.4, -0.2) is 5.91 Å². The van der Waals surface area contributed by atoms with Crippen molar-refractivity contribution in [3.8, 4) is 0 Å². The first-order valence-electron chi connectivity index (χ1n) is 6.83. The van der Waals surface area contributed by atoms with Gasteiger partial charge in [0.25, 0.3) is 5.91 Å². The molecule has 1 aromatic heterocycles. The Balaban J connectivity index is 2.14. The van der Waals surface area contributed by atoms with Crippen LogP contribution in [-0.2, 0) is 0 Å². The third-order valence-corrected chi connectivity index (χ3v) is 3.66. The molecule has 0 aliphatic rings. The summed E-state index contributed by atoms with van der Waals surface area (Å²) < 4.78 is 5.40. The predicted octanol–water partition coefficient (Wildman–Crippen LogP) is 4.00. The van der Waals surface area contributed by atoms with Gasteiger partial charge in [-0.2, -0.15) is 0 Å². The van der Waals surface area contributed by atoms with Crippen LogP contribution in [0.4, 0.5) is 0 Å². The normalized spacial score (nSPS) is 12.2. The third-order valence-electron chi connectivity index (χ3n) is 3.66. The van der Waals surface area contributed by atoms with E-state index in [1.807, 2.05) is 20.8 Å². The fraction of sp³-hybridized carbons (Fsp3) is 0.353. The van der Waals surface area contributed by atoms with Crippen LogP contribution in [0.25, 0.3) is 0 Å². The van der Waals surface area contributed by atoms with Crippen molar-refractivity contribution in [1.82, 2.24) is 5.32 Å². The Hall–Kier alpha value is -2.03. The van der Waals surface area contributed by atoms with Crippen molar-refractivity contribution >= 4 is 5.91 Å². The SMILES string of the molecule is Cc1cc(C(=O)N[C@@H](C)c2ccc(C)c(C)c2)c(C)o1. The Labute approximate surface area is 120 Å². The molecule has 0 aliphatic heterocycles. The Morgan fingerprint density at radius 2 is 1.80 bits per heavy atom. The molecule has 1 N–H and O–H groups in total. The Morgan fingerprint density at radius 3 is 2.35 bits per heavy atom. The van der Waals surface area contributed by atoms with Crippen LogP contribution in [0.15, 0.2) is 28.7 Å². The molecule has 1 heterocycles. The molecule has 1 atom stereocenters. The van der Waals surface area contributed by atoms with Gasteiger partial charge in [0.15, 0.2) is 0 Å². The number of nitrogens with one attached hydrogen (secondary N) is 1. The molecule has 1 amide bonds. The molecule has 0 saturated carbocycles. The van der Waals surface area contributed by atoms with Crippen molar-refractivity contribution in [3.63, 3.8) is 0 Å². The van der Waals surface area contributed by atoms with E-state index >= 15 is 0 Å². The van der Waals surface area contributed by atoms with E-state index in [9.17, 15) is 4.79 Å². The van der Waals surface area contributed by atoms with Crippen molar-refractivity contribution in [1.29, 1.82) is 0 Å². The lowest BCUT2D eigenvalue weighted by molar-refractivity contribution is 0.0938. The average molecular weight is 271 g/mol. The van der Waals surface area contributed by atoms with Crippen molar-refractivity contribution in [2.45, 2.75) is 40.7 Å². The van der Waals surface area contributed by atoms with E-state index in [1.165, 1.54) is 11.1 Å². The lowest BCUT2D eigenvalue weighted by Gasteiger charge is -2.15. The van der Waals surface area contributed by atoms with Crippen LogP contribution in [0.3, 0.4) is 0 Å². The van der Waals surface area contributed by atoms with E-state index in [0.29, 0.717) is 11.3 Å². The van der Waals surface area contributed by atoms with E-state index in [1.54, 1.807) is 6.07 Å².